The fraction of sp³-hybridized carbons (Fsp3) is 0.868. The van der Waals surface area contributed by atoms with E-state index in [0.29, 0.717) is 12.8 Å². The van der Waals surface area contributed by atoms with Crippen molar-refractivity contribution in [1.82, 2.24) is 5.32 Å². The van der Waals surface area contributed by atoms with E-state index in [1.807, 2.05) is 0 Å². The van der Waals surface area contributed by atoms with E-state index >= 15 is 0 Å². The van der Waals surface area contributed by atoms with Crippen LogP contribution in [0.2, 0.25) is 0 Å². The molecule has 480 valence electrons. The van der Waals surface area contributed by atoms with E-state index in [2.05, 4.69) is 67.8 Å². The first-order chi connectivity index (χ1) is 40.1. The second-order valence-corrected chi connectivity index (χ2v) is 23.9. The van der Waals surface area contributed by atoms with E-state index in [-0.39, 0.29) is 12.5 Å². The molecule has 12 unspecified atom stereocenters. The van der Waals surface area contributed by atoms with E-state index < -0.39 is 86.8 Å². The van der Waals surface area contributed by atoms with Crippen molar-refractivity contribution in [2.75, 3.05) is 19.8 Å². The lowest BCUT2D eigenvalue weighted by atomic mass is 9.97. The molecule has 0 saturated carbocycles. The first-order valence-corrected chi connectivity index (χ1v) is 33.9. The number of rotatable bonds is 55. The molecule has 82 heavy (non-hydrogen) atoms. The third kappa shape index (κ3) is 37.5. The van der Waals surface area contributed by atoms with Gasteiger partial charge in [0.15, 0.2) is 12.6 Å². The van der Waals surface area contributed by atoms with Crippen molar-refractivity contribution in [1.29, 1.82) is 0 Å². The molecular formula is C68H125NO13. The van der Waals surface area contributed by atoms with Crippen LogP contribution in [0.25, 0.3) is 0 Å². The maximum absolute atomic E-state index is 13.3. The van der Waals surface area contributed by atoms with Crippen LogP contribution in [-0.4, -0.2) is 140 Å². The first kappa shape index (κ1) is 76.0. The molecule has 1 amide bonds. The van der Waals surface area contributed by atoms with Gasteiger partial charge in [-0.25, -0.2) is 0 Å². The molecule has 14 nitrogen and oxygen atoms in total. The number of aliphatic hydroxyl groups excluding tert-OH is 8. The van der Waals surface area contributed by atoms with Crippen molar-refractivity contribution >= 4 is 5.91 Å². The Morgan fingerprint density at radius 3 is 1.29 bits per heavy atom. The highest BCUT2D eigenvalue weighted by Crippen LogP contribution is 2.30. The Labute approximate surface area is 499 Å². The summed E-state index contributed by atoms with van der Waals surface area (Å²) in [6.07, 6.45) is 51.8. The quantitative estimate of drug-likeness (QED) is 0.0204. The standard InChI is InChI=1S/C68H125NO13/c1-3-5-7-9-11-13-14-15-16-17-18-19-20-21-22-23-24-25-26-27-28-29-30-31-32-33-34-35-36-37-38-39-40-41-42-44-46-48-50-52-60(73)69-56(57(72)51-49-47-45-43-12-10-8-6-4-2)55-79-67-65(78)63(76)66(59(54-71)81-67)82-68-64(77)62(75)61(74)58(53-70)80-68/h5,7,11,13,15-16,18-19,56-59,61-68,70-72,74-78H,3-4,6,8-10,12,14,17,20-55H2,1-2H3,(H,69,73)/b7-5-,13-11-,16-15-,19-18-. The third-order valence-corrected chi connectivity index (χ3v) is 16.6. The van der Waals surface area contributed by atoms with Crippen LogP contribution in [-0.2, 0) is 23.7 Å². The van der Waals surface area contributed by atoms with Crippen molar-refractivity contribution in [2.24, 2.45) is 0 Å². The summed E-state index contributed by atoms with van der Waals surface area (Å²) < 4.78 is 22.8. The molecule has 2 rings (SSSR count). The lowest BCUT2D eigenvalue weighted by Crippen LogP contribution is -2.65. The summed E-state index contributed by atoms with van der Waals surface area (Å²) in [4.78, 5) is 13.3. The van der Waals surface area contributed by atoms with Gasteiger partial charge in [-0.05, 0) is 51.4 Å². The maximum atomic E-state index is 13.3. The Morgan fingerprint density at radius 1 is 0.451 bits per heavy atom. The molecule has 0 aliphatic carbocycles. The molecule has 2 fully saturated rings. The Kier molecular flexibility index (Phi) is 49.3. The number of amides is 1. The van der Waals surface area contributed by atoms with E-state index in [0.717, 1.165) is 77.0 Å². The Bertz CT molecular complexity index is 1560. The minimum atomic E-state index is -1.78. The summed E-state index contributed by atoms with van der Waals surface area (Å²) in [5.74, 6) is -0.205. The highest BCUT2D eigenvalue weighted by molar-refractivity contribution is 5.76. The average Bonchev–Trinajstić information content (AvgIpc) is 3.38. The number of nitrogens with one attached hydrogen (secondary N) is 1. The minimum Gasteiger partial charge on any atom is -0.394 e. The molecule has 9 N–H and O–H groups in total. The summed E-state index contributed by atoms with van der Waals surface area (Å²) in [7, 11) is 0. The molecule has 12 atom stereocenters. The molecule has 2 heterocycles. The Morgan fingerprint density at radius 2 is 0.841 bits per heavy atom. The minimum absolute atomic E-state index is 0.205. The number of hydrogen-bond donors (Lipinski definition) is 9. The normalized spacial score (nSPS) is 24.2. The first-order valence-electron chi connectivity index (χ1n) is 33.9. The summed E-state index contributed by atoms with van der Waals surface area (Å²) in [5, 5.41) is 87.1. The van der Waals surface area contributed by atoms with Gasteiger partial charge in [0.1, 0.15) is 48.8 Å². The van der Waals surface area contributed by atoms with Gasteiger partial charge in [-0.1, -0.05) is 274 Å². The molecule has 2 aliphatic heterocycles. The number of aliphatic hydroxyl groups is 8. The van der Waals surface area contributed by atoms with E-state index in [9.17, 15) is 45.6 Å². The monoisotopic (exact) mass is 1160 g/mol. The number of carbonyl (C=O) groups excluding carboxylic acids is 1. The summed E-state index contributed by atoms with van der Waals surface area (Å²) in [6.45, 7) is 2.73. The molecule has 2 aliphatic rings. The van der Waals surface area contributed by atoms with Crippen LogP contribution < -0.4 is 5.32 Å². The highest BCUT2D eigenvalue weighted by atomic mass is 16.7. The van der Waals surface area contributed by atoms with Gasteiger partial charge in [0.05, 0.1) is 32.0 Å². The zero-order chi connectivity index (χ0) is 59.5. The predicted molar refractivity (Wildman–Crippen MR) is 332 cm³/mol. The van der Waals surface area contributed by atoms with Gasteiger partial charge in [-0.15, -0.1) is 0 Å². The smallest absolute Gasteiger partial charge is 0.220 e. The highest BCUT2D eigenvalue weighted by Gasteiger charge is 2.51. The number of ether oxygens (including phenoxy) is 4. The van der Waals surface area contributed by atoms with Gasteiger partial charge in [-0.2, -0.15) is 0 Å². The fourth-order valence-corrected chi connectivity index (χ4v) is 11.2. The van der Waals surface area contributed by atoms with Gasteiger partial charge in [0, 0.05) is 6.42 Å². The zero-order valence-corrected chi connectivity index (χ0v) is 52.0. The molecule has 0 radical (unpaired) electrons. The van der Waals surface area contributed by atoms with Crippen molar-refractivity contribution in [2.45, 2.75) is 357 Å². The van der Waals surface area contributed by atoms with Crippen LogP contribution in [0.3, 0.4) is 0 Å². The van der Waals surface area contributed by atoms with Gasteiger partial charge in [0.25, 0.3) is 0 Å². The summed E-state index contributed by atoms with van der Waals surface area (Å²) >= 11 is 0. The second kappa shape index (κ2) is 53.2. The van der Waals surface area contributed by atoms with Gasteiger partial charge < -0.3 is 65.1 Å². The van der Waals surface area contributed by atoms with E-state index in [1.165, 1.54) is 180 Å². The molecule has 2 saturated heterocycles. The fourth-order valence-electron chi connectivity index (χ4n) is 11.2. The molecule has 0 aromatic heterocycles. The molecule has 0 aromatic carbocycles. The van der Waals surface area contributed by atoms with Crippen LogP contribution >= 0.6 is 0 Å². The molecule has 0 bridgehead atoms. The predicted octanol–water partition coefficient (Wildman–Crippen LogP) is 13.1. The average molecular weight is 1160 g/mol. The SMILES string of the molecule is CC/C=C\C/C=C\C/C=C\C/C=C\CCCCCCCCCCCCCCCCCCCCCCCCCCCCC(=O)NC(COC1OC(CO)C(OC2OC(CO)C(O)C(O)C2O)C(O)C1O)C(O)CCCCCCCCCCC. The Balaban J connectivity index is 1.50. The second-order valence-electron chi connectivity index (χ2n) is 23.9. The largest absolute Gasteiger partial charge is 0.394 e. The lowest BCUT2D eigenvalue weighted by Gasteiger charge is -2.46. The summed E-state index contributed by atoms with van der Waals surface area (Å²) in [5.41, 5.74) is 0. The van der Waals surface area contributed by atoms with Gasteiger partial charge >= 0.3 is 0 Å². The van der Waals surface area contributed by atoms with E-state index in [1.54, 1.807) is 0 Å². The third-order valence-electron chi connectivity index (χ3n) is 16.6. The zero-order valence-electron chi connectivity index (χ0n) is 52.0. The van der Waals surface area contributed by atoms with E-state index in [4.69, 9.17) is 18.9 Å². The number of unbranched alkanes of at least 4 members (excludes halogenated alkanes) is 34. The maximum Gasteiger partial charge on any atom is 0.220 e. The number of allylic oxidation sites excluding steroid dienone is 8. The van der Waals surface area contributed by atoms with Crippen LogP contribution in [0, 0.1) is 0 Å². The van der Waals surface area contributed by atoms with Crippen LogP contribution in [0.15, 0.2) is 48.6 Å². The van der Waals surface area contributed by atoms with Crippen LogP contribution in [0.4, 0.5) is 0 Å². The van der Waals surface area contributed by atoms with Crippen molar-refractivity contribution in [3.63, 3.8) is 0 Å². The number of hydrogen-bond acceptors (Lipinski definition) is 13. The molecule has 0 spiro atoms. The van der Waals surface area contributed by atoms with Gasteiger partial charge in [0.2, 0.25) is 5.91 Å². The number of carbonyl (C=O) groups is 1. The van der Waals surface area contributed by atoms with Gasteiger partial charge in [-0.3, -0.25) is 4.79 Å². The van der Waals surface area contributed by atoms with Crippen LogP contribution in [0.1, 0.15) is 284 Å². The lowest BCUT2D eigenvalue weighted by molar-refractivity contribution is -0.359. The molecular weight excluding hydrogens is 1040 g/mol. The summed E-state index contributed by atoms with van der Waals surface area (Å²) in [6, 6.07) is -0.824. The van der Waals surface area contributed by atoms with Crippen molar-refractivity contribution in [3.8, 4) is 0 Å². The van der Waals surface area contributed by atoms with Crippen molar-refractivity contribution in [3.05, 3.63) is 48.6 Å². The van der Waals surface area contributed by atoms with Crippen LogP contribution in [0.5, 0.6) is 0 Å². The topological polar surface area (TPSA) is 228 Å². The molecule has 0 aromatic rings. The Hall–Kier alpha value is -2.05. The molecule has 14 heteroatoms. The van der Waals surface area contributed by atoms with Crippen molar-refractivity contribution < 1.29 is 64.6 Å².